The fourth-order valence-corrected chi connectivity index (χ4v) is 4.71. The van der Waals surface area contributed by atoms with Crippen molar-refractivity contribution in [2.45, 2.75) is 38.2 Å². The zero-order chi connectivity index (χ0) is 26.0. The monoisotopic (exact) mass is 492 g/mol. The van der Waals surface area contributed by atoms with Gasteiger partial charge in [-0.25, -0.2) is 4.79 Å². The number of aryl methyl sites for hydroxylation is 1. The lowest BCUT2D eigenvalue weighted by molar-refractivity contribution is -0.140. The first-order valence-corrected chi connectivity index (χ1v) is 12.3. The SMILES string of the molecule is Cc1ccccc1C(C)OC(=O)Nc1ccncc1-c1ccc(-c2ccc(C3(C(=O)O)CC3)cc2)cc1. The van der Waals surface area contributed by atoms with Crippen LogP contribution in [0.2, 0.25) is 0 Å². The van der Waals surface area contributed by atoms with Crippen LogP contribution in [-0.2, 0) is 14.9 Å². The highest BCUT2D eigenvalue weighted by Gasteiger charge is 2.51. The van der Waals surface area contributed by atoms with E-state index in [1.807, 2.05) is 86.6 Å². The Kier molecular flexibility index (Phi) is 6.49. The second kappa shape index (κ2) is 9.90. The third-order valence-electron chi connectivity index (χ3n) is 7.09. The molecule has 0 aliphatic heterocycles. The highest BCUT2D eigenvalue weighted by atomic mass is 16.6. The van der Waals surface area contributed by atoms with Crippen molar-refractivity contribution < 1.29 is 19.4 Å². The summed E-state index contributed by atoms with van der Waals surface area (Å²) < 4.78 is 5.63. The van der Waals surface area contributed by atoms with Gasteiger partial charge >= 0.3 is 12.1 Å². The van der Waals surface area contributed by atoms with Gasteiger partial charge in [0.2, 0.25) is 0 Å². The molecule has 2 N–H and O–H groups in total. The van der Waals surface area contributed by atoms with Crippen LogP contribution in [0.3, 0.4) is 0 Å². The van der Waals surface area contributed by atoms with E-state index in [0.717, 1.165) is 38.9 Å². The number of nitrogens with one attached hydrogen (secondary N) is 1. The van der Waals surface area contributed by atoms with Gasteiger partial charge in [0.05, 0.1) is 11.1 Å². The summed E-state index contributed by atoms with van der Waals surface area (Å²) in [7, 11) is 0. The van der Waals surface area contributed by atoms with Gasteiger partial charge in [0.15, 0.2) is 0 Å². The number of carboxylic acid groups (broad SMARTS) is 1. The van der Waals surface area contributed by atoms with E-state index in [9.17, 15) is 14.7 Å². The van der Waals surface area contributed by atoms with Gasteiger partial charge in [-0.05, 0) is 66.1 Å². The molecule has 1 saturated carbocycles. The van der Waals surface area contributed by atoms with E-state index in [1.165, 1.54) is 0 Å². The molecule has 0 radical (unpaired) electrons. The Hall–Kier alpha value is -4.45. The third-order valence-corrected chi connectivity index (χ3v) is 7.09. The minimum absolute atomic E-state index is 0.387. The lowest BCUT2D eigenvalue weighted by atomic mass is 9.93. The number of hydrogen-bond acceptors (Lipinski definition) is 4. The van der Waals surface area contributed by atoms with Crippen LogP contribution in [0.5, 0.6) is 0 Å². The van der Waals surface area contributed by atoms with E-state index in [1.54, 1.807) is 18.5 Å². The molecule has 0 spiro atoms. The number of amides is 1. The molecule has 1 aliphatic rings. The second-order valence-electron chi connectivity index (χ2n) is 9.49. The molecule has 1 heterocycles. The Morgan fingerprint density at radius 2 is 1.54 bits per heavy atom. The minimum Gasteiger partial charge on any atom is -0.481 e. The number of pyridine rings is 1. The van der Waals surface area contributed by atoms with Gasteiger partial charge in [-0.2, -0.15) is 0 Å². The molecular weight excluding hydrogens is 464 g/mol. The molecule has 0 saturated heterocycles. The predicted octanol–water partition coefficient (Wildman–Crippen LogP) is 7.15. The van der Waals surface area contributed by atoms with Crippen molar-refractivity contribution in [1.29, 1.82) is 0 Å². The van der Waals surface area contributed by atoms with E-state index in [4.69, 9.17) is 4.74 Å². The first-order valence-electron chi connectivity index (χ1n) is 12.3. The molecule has 1 aliphatic carbocycles. The summed E-state index contributed by atoms with van der Waals surface area (Å²) >= 11 is 0. The molecule has 6 heteroatoms. The second-order valence-corrected chi connectivity index (χ2v) is 9.49. The molecule has 4 aromatic rings. The predicted molar refractivity (Wildman–Crippen MR) is 143 cm³/mol. The number of ether oxygens (including phenoxy) is 1. The number of rotatable bonds is 7. The van der Waals surface area contributed by atoms with E-state index >= 15 is 0 Å². The number of aromatic nitrogens is 1. The Labute approximate surface area is 216 Å². The van der Waals surface area contributed by atoms with Crippen LogP contribution in [0.15, 0.2) is 91.3 Å². The maximum atomic E-state index is 12.7. The molecule has 0 bridgehead atoms. The van der Waals surface area contributed by atoms with Crippen molar-refractivity contribution in [3.63, 3.8) is 0 Å². The number of aliphatic carboxylic acids is 1. The average molecular weight is 493 g/mol. The molecule has 1 amide bonds. The number of carbonyl (C=O) groups excluding carboxylic acids is 1. The number of carboxylic acids is 1. The fourth-order valence-electron chi connectivity index (χ4n) is 4.71. The van der Waals surface area contributed by atoms with E-state index < -0.39 is 17.5 Å². The Bertz CT molecular complexity index is 1440. The summed E-state index contributed by atoms with van der Waals surface area (Å²) in [6.07, 6.45) is 3.80. The maximum absolute atomic E-state index is 12.7. The number of anilines is 1. The summed E-state index contributed by atoms with van der Waals surface area (Å²) in [5, 5.41) is 12.4. The Morgan fingerprint density at radius 1 is 0.919 bits per heavy atom. The Morgan fingerprint density at radius 3 is 2.16 bits per heavy atom. The van der Waals surface area contributed by atoms with Crippen molar-refractivity contribution in [3.8, 4) is 22.3 Å². The Balaban J connectivity index is 1.30. The molecular formula is C31H28N2O4. The zero-order valence-electron chi connectivity index (χ0n) is 20.8. The molecule has 37 heavy (non-hydrogen) atoms. The van der Waals surface area contributed by atoms with Gasteiger partial charge in [0, 0.05) is 18.0 Å². The third kappa shape index (κ3) is 4.96. The van der Waals surface area contributed by atoms with Gasteiger partial charge in [0.1, 0.15) is 6.10 Å². The van der Waals surface area contributed by atoms with Gasteiger partial charge in [-0.3, -0.25) is 15.1 Å². The van der Waals surface area contributed by atoms with Crippen molar-refractivity contribution >= 4 is 17.7 Å². The van der Waals surface area contributed by atoms with Crippen LogP contribution in [0.1, 0.15) is 42.6 Å². The van der Waals surface area contributed by atoms with Crippen LogP contribution < -0.4 is 5.32 Å². The lowest BCUT2D eigenvalue weighted by Crippen LogP contribution is -2.19. The van der Waals surface area contributed by atoms with Crippen LogP contribution in [0.4, 0.5) is 10.5 Å². The first-order chi connectivity index (χ1) is 17.9. The van der Waals surface area contributed by atoms with Crippen molar-refractivity contribution in [2.24, 2.45) is 0 Å². The fraction of sp³-hybridized carbons (Fsp3) is 0.194. The molecule has 186 valence electrons. The quantitative estimate of drug-likeness (QED) is 0.286. The van der Waals surface area contributed by atoms with Crippen molar-refractivity contribution in [2.75, 3.05) is 5.32 Å². The largest absolute Gasteiger partial charge is 0.481 e. The van der Waals surface area contributed by atoms with Crippen LogP contribution in [-0.4, -0.2) is 22.2 Å². The molecule has 6 nitrogen and oxygen atoms in total. The molecule has 5 rings (SSSR count). The van der Waals surface area contributed by atoms with Crippen LogP contribution in [0.25, 0.3) is 22.3 Å². The smallest absolute Gasteiger partial charge is 0.412 e. The lowest BCUT2D eigenvalue weighted by Gasteiger charge is -2.17. The highest BCUT2D eigenvalue weighted by molar-refractivity contribution is 5.91. The average Bonchev–Trinajstić information content (AvgIpc) is 3.72. The van der Waals surface area contributed by atoms with E-state index in [2.05, 4.69) is 10.3 Å². The minimum atomic E-state index is -0.751. The van der Waals surface area contributed by atoms with Crippen molar-refractivity contribution in [3.05, 3.63) is 108 Å². The molecule has 1 aromatic heterocycles. The summed E-state index contributed by atoms with van der Waals surface area (Å²) in [5.74, 6) is -0.751. The number of nitrogens with zero attached hydrogens (tertiary/aromatic N) is 1. The van der Waals surface area contributed by atoms with Gasteiger partial charge < -0.3 is 9.84 Å². The van der Waals surface area contributed by atoms with Gasteiger partial charge in [-0.15, -0.1) is 0 Å². The zero-order valence-corrected chi connectivity index (χ0v) is 20.8. The number of hydrogen-bond donors (Lipinski definition) is 2. The van der Waals surface area contributed by atoms with E-state index in [-0.39, 0.29) is 6.10 Å². The van der Waals surface area contributed by atoms with E-state index in [0.29, 0.717) is 18.5 Å². The highest BCUT2D eigenvalue weighted by Crippen LogP contribution is 2.48. The summed E-state index contributed by atoms with van der Waals surface area (Å²) in [6.45, 7) is 3.85. The normalized spacial score (nSPS) is 14.4. The van der Waals surface area contributed by atoms with Gasteiger partial charge in [-0.1, -0.05) is 72.8 Å². The molecule has 1 atom stereocenters. The number of benzene rings is 3. The van der Waals surface area contributed by atoms with Crippen molar-refractivity contribution in [1.82, 2.24) is 4.98 Å². The van der Waals surface area contributed by atoms with Crippen LogP contribution >= 0.6 is 0 Å². The summed E-state index contributed by atoms with van der Waals surface area (Å²) in [4.78, 5) is 28.5. The number of carbonyl (C=O) groups is 2. The molecule has 3 aromatic carbocycles. The standard InChI is InChI=1S/C31H28N2O4/c1-20-5-3-4-6-26(20)21(2)37-30(36)33-28-15-18-32-19-27(28)24-9-7-22(8-10-24)23-11-13-25(14-12-23)31(16-17-31)29(34)35/h3-15,18-19,21H,16-17H2,1-2H3,(H,34,35)(H,32,33,36). The molecule has 1 unspecified atom stereocenters. The topological polar surface area (TPSA) is 88.5 Å². The first kappa shape index (κ1) is 24.3. The van der Waals surface area contributed by atoms with Crippen LogP contribution in [0, 0.1) is 6.92 Å². The summed E-state index contributed by atoms with van der Waals surface area (Å²) in [6, 6.07) is 25.3. The maximum Gasteiger partial charge on any atom is 0.412 e. The summed E-state index contributed by atoms with van der Waals surface area (Å²) in [5.41, 5.74) is 6.50. The van der Waals surface area contributed by atoms with Gasteiger partial charge in [0.25, 0.3) is 0 Å². The molecule has 1 fully saturated rings.